The SMILES string of the molecule is C#Cc1cccc(NC(=O)[C@H]2C[C@@H]2[N+](=O)[O-])c1. The summed E-state index contributed by atoms with van der Waals surface area (Å²) in [5, 5.41) is 13.1. The van der Waals surface area contributed by atoms with Crippen LogP contribution >= 0.6 is 0 Å². The summed E-state index contributed by atoms with van der Waals surface area (Å²) in [6, 6.07) is 6.09. The highest BCUT2D eigenvalue weighted by atomic mass is 16.6. The Morgan fingerprint density at radius 3 is 2.94 bits per heavy atom. The smallest absolute Gasteiger partial charge is 0.234 e. The monoisotopic (exact) mass is 230 g/mol. The molecule has 0 saturated heterocycles. The fourth-order valence-electron chi connectivity index (χ4n) is 1.62. The first-order valence-electron chi connectivity index (χ1n) is 5.13. The highest BCUT2D eigenvalue weighted by Gasteiger charge is 2.53. The lowest BCUT2D eigenvalue weighted by Gasteiger charge is -2.03. The summed E-state index contributed by atoms with van der Waals surface area (Å²) < 4.78 is 0. The molecule has 1 fully saturated rings. The van der Waals surface area contributed by atoms with Gasteiger partial charge in [-0.3, -0.25) is 14.9 Å². The lowest BCUT2D eigenvalue weighted by atomic mass is 10.2. The minimum Gasteiger partial charge on any atom is -0.326 e. The van der Waals surface area contributed by atoms with E-state index < -0.39 is 16.9 Å². The van der Waals surface area contributed by atoms with Gasteiger partial charge in [0.15, 0.2) is 0 Å². The molecule has 1 aliphatic rings. The van der Waals surface area contributed by atoms with E-state index in [0.29, 0.717) is 17.7 Å². The summed E-state index contributed by atoms with van der Waals surface area (Å²) >= 11 is 0. The van der Waals surface area contributed by atoms with E-state index in [2.05, 4.69) is 11.2 Å². The van der Waals surface area contributed by atoms with Crippen molar-refractivity contribution in [2.24, 2.45) is 5.92 Å². The van der Waals surface area contributed by atoms with E-state index in [-0.39, 0.29) is 5.91 Å². The van der Waals surface area contributed by atoms with Crippen molar-refractivity contribution in [1.29, 1.82) is 0 Å². The van der Waals surface area contributed by atoms with Crippen LogP contribution in [0.2, 0.25) is 0 Å². The minimum absolute atomic E-state index is 0.313. The average Bonchev–Trinajstić information content (AvgIpc) is 3.09. The van der Waals surface area contributed by atoms with Crippen molar-refractivity contribution < 1.29 is 9.72 Å². The van der Waals surface area contributed by atoms with Crippen molar-refractivity contribution in [2.75, 3.05) is 5.32 Å². The van der Waals surface area contributed by atoms with E-state index in [1.807, 2.05) is 0 Å². The zero-order valence-electron chi connectivity index (χ0n) is 8.92. The number of nitro groups is 1. The number of amides is 1. The molecule has 0 bridgehead atoms. The maximum Gasteiger partial charge on any atom is 0.234 e. The first kappa shape index (κ1) is 11.1. The topological polar surface area (TPSA) is 72.2 Å². The van der Waals surface area contributed by atoms with Gasteiger partial charge in [0.05, 0.1) is 0 Å². The van der Waals surface area contributed by atoms with Crippen molar-refractivity contribution in [1.82, 2.24) is 0 Å². The molecule has 0 spiro atoms. The molecule has 1 aromatic carbocycles. The van der Waals surface area contributed by atoms with Crippen LogP contribution in [0.1, 0.15) is 12.0 Å². The van der Waals surface area contributed by atoms with Gasteiger partial charge >= 0.3 is 0 Å². The van der Waals surface area contributed by atoms with Gasteiger partial charge in [-0.25, -0.2) is 0 Å². The normalized spacial score (nSPS) is 21.4. The number of nitrogens with one attached hydrogen (secondary N) is 1. The molecule has 5 heteroatoms. The van der Waals surface area contributed by atoms with Crippen LogP contribution in [-0.4, -0.2) is 16.9 Å². The van der Waals surface area contributed by atoms with Gasteiger partial charge < -0.3 is 5.32 Å². The molecule has 1 amide bonds. The number of anilines is 1. The maximum atomic E-state index is 11.6. The van der Waals surface area contributed by atoms with E-state index in [4.69, 9.17) is 6.42 Å². The van der Waals surface area contributed by atoms with Crippen molar-refractivity contribution in [2.45, 2.75) is 12.5 Å². The Bertz CT molecular complexity index is 519. The molecule has 1 N–H and O–H groups in total. The van der Waals surface area contributed by atoms with Gasteiger partial charge in [0, 0.05) is 22.6 Å². The van der Waals surface area contributed by atoms with Crippen LogP contribution in [0.4, 0.5) is 5.69 Å². The molecule has 1 aliphatic carbocycles. The molecule has 0 radical (unpaired) electrons. The van der Waals surface area contributed by atoms with E-state index in [1.165, 1.54) is 0 Å². The predicted molar refractivity (Wildman–Crippen MR) is 61.9 cm³/mol. The zero-order valence-corrected chi connectivity index (χ0v) is 8.92. The third-order valence-corrected chi connectivity index (χ3v) is 2.66. The second kappa shape index (κ2) is 4.26. The number of nitrogens with zero attached hydrogens (tertiary/aromatic N) is 1. The molecule has 1 aromatic rings. The number of rotatable bonds is 3. The fourth-order valence-corrected chi connectivity index (χ4v) is 1.62. The second-order valence-electron chi connectivity index (χ2n) is 3.91. The number of carbonyl (C=O) groups excluding carboxylic acids is 1. The second-order valence-corrected chi connectivity index (χ2v) is 3.91. The van der Waals surface area contributed by atoms with Gasteiger partial charge in [0.2, 0.25) is 11.9 Å². The summed E-state index contributed by atoms with van der Waals surface area (Å²) in [6.07, 6.45) is 5.54. The molecular weight excluding hydrogens is 220 g/mol. The summed E-state index contributed by atoms with van der Waals surface area (Å²) in [4.78, 5) is 21.6. The van der Waals surface area contributed by atoms with Crippen LogP contribution in [-0.2, 0) is 4.79 Å². The van der Waals surface area contributed by atoms with Crippen molar-refractivity contribution in [3.8, 4) is 12.3 Å². The Morgan fingerprint density at radius 2 is 2.35 bits per heavy atom. The molecule has 0 aromatic heterocycles. The van der Waals surface area contributed by atoms with Gasteiger partial charge in [0.1, 0.15) is 5.92 Å². The van der Waals surface area contributed by atoms with Crippen molar-refractivity contribution >= 4 is 11.6 Å². The van der Waals surface area contributed by atoms with E-state index in [9.17, 15) is 14.9 Å². The number of hydrogen-bond acceptors (Lipinski definition) is 3. The van der Waals surface area contributed by atoms with Crippen LogP contribution in [0.25, 0.3) is 0 Å². The molecule has 1 saturated carbocycles. The lowest BCUT2D eigenvalue weighted by Crippen LogP contribution is -2.18. The minimum atomic E-state index is -0.731. The highest BCUT2D eigenvalue weighted by molar-refractivity contribution is 5.94. The standard InChI is InChI=1S/C12H10N2O3/c1-2-8-4-3-5-9(6-8)13-12(15)10-7-11(10)14(16)17/h1,3-6,10-11H,7H2,(H,13,15)/t10-,11-/m0/s1. The highest BCUT2D eigenvalue weighted by Crippen LogP contribution is 2.34. The molecule has 2 rings (SSSR count). The van der Waals surface area contributed by atoms with E-state index >= 15 is 0 Å². The molecule has 86 valence electrons. The lowest BCUT2D eigenvalue weighted by molar-refractivity contribution is -0.497. The Balaban J connectivity index is 2.00. The third-order valence-electron chi connectivity index (χ3n) is 2.66. The Labute approximate surface area is 98.0 Å². The fraction of sp³-hybridized carbons (Fsp3) is 0.250. The van der Waals surface area contributed by atoms with E-state index in [0.717, 1.165) is 0 Å². The largest absolute Gasteiger partial charge is 0.326 e. The summed E-state index contributed by atoms with van der Waals surface area (Å²) in [7, 11) is 0. The first-order chi connectivity index (χ1) is 8.11. The van der Waals surface area contributed by atoms with Crippen molar-refractivity contribution in [3.63, 3.8) is 0 Å². The Kier molecular flexibility index (Phi) is 2.79. The average molecular weight is 230 g/mol. The summed E-state index contributed by atoms with van der Waals surface area (Å²) in [5.74, 6) is 1.62. The summed E-state index contributed by atoms with van der Waals surface area (Å²) in [5.41, 5.74) is 1.23. The van der Waals surface area contributed by atoms with E-state index in [1.54, 1.807) is 24.3 Å². The Morgan fingerprint density at radius 1 is 1.59 bits per heavy atom. The number of benzene rings is 1. The van der Waals surface area contributed by atoms with Crippen LogP contribution < -0.4 is 5.32 Å². The van der Waals surface area contributed by atoms with Crippen LogP contribution in [0, 0.1) is 28.4 Å². The van der Waals surface area contributed by atoms with Gasteiger partial charge in [-0.1, -0.05) is 12.0 Å². The molecular formula is C12H10N2O3. The predicted octanol–water partition coefficient (Wildman–Crippen LogP) is 1.27. The van der Waals surface area contributed by atoms with Gasteiger partial charge in [-0.15, -0.1) is 6.42 Å². The number of terminal acetylenes is 1. The maximum absolute atomic E-state index is 11.6. The van der Waals surface area contributed by atoms with Crippen LogP contribution in [0.3, 0.4) is 0 Å². The van der Waals surface area contributed by atoms with Crippen LogP contribution in [0.15, 0.2) is 24.3 Å². The first-order valence-corrected chi connectivity index (χ1v) is 5.13. The van der Waals surface area contributed by atoms with Crippen LogP contribution in [0.5, 0.6) is 0 Å². The quantitative estimate of drug-likeness (QED) is 0.483. The molecule has 0 unspecified atom stereocenters. The Hall–Kier alpha value is -2.35. The molecule has 0 heterocycles. The molecule has 17 heavy (non-hydrogen) atoms. The third kappa shape index (κ3) is 2.42. The van der Waals surface area contributed by atoms with Crippen molar-refractivity contribution in [3.05, 3.63) is 39.9 Å². The molecule has 5 nitrogen and oxygen atoms in total. The van der Waals surface area contributed by atoms with Gasteiger partial charge in [0.25, 0.3) is 0 Å². The number of hydrogen-bond donors (Lipinski definition) is 1. The molecule has 0 aliphatic heterocycles. The zero-order chi connectivity index (χ0) is 12.4. The molecule has 2 atom stereocenters. The summed E-state index contributed by atoms with van der Waals surface area (Å²) in [6.45, 7) is 0. The number of carbonyl (C=O) groups is 1. The van der Waals surface area contributed by atoms with Gasteiger partial charge in [-0.05, 0) is 18.2 Å². The van der Waals surface area contributed by atoms with Gasteiger partial charge in [-0.2, -0.15) is 0 Å².